The van der Waals surface area contributed by atoms with E-state index in [1.165, 1.54) is 64.2 Å². The Morgan fingerprint density at radius 1 is 0.475 bits per heavy atom. The van der Waals surface area contributed by atoms with Crippen LogP contribution >= 0.6 is 0 Å². The predicted molar refractivity (Wildman–Crippen MR) is 155 cm³/mol. The molecule has 1 rings (SSSR count). The molecule has 0 aliphatic carbocycles. The van der Waals surface area contributed by atoms with Crippen LogP contribution in [0, 0.1) is 0 Å². The summed E-state index contributed by atoms with van der Waals surface area (Å²) in [7, 11) is 0. The second kappa shape index (κ2) is 21.9. The summed E-state index contributed by atoms with van der Waals surface area (Å²) in [6.45, 7) is 4.61. The lowest BCUT2D eigenvalue weighted by Gasteiger charge is -2.12. The lowest BCUT2D eigenvalue weighted by atomic mass is 9.98. The van der Waals surface area contributed by atoms with E-state index in [-0.39, 0.29) is 24.3 Å². The Labute approximate surface area is 239 Å². The summed E-state index contributed by atoms with van der Waals surface area (Å²) < 4.78 is 10.6. The fourth-order valence-corrected chi connectivity index (χ4v) is 4.60. The first kappa shape index (κ1) is 35.1. The number of rotatable bonds is 24. The molecule has 0 radical (unpaired) electrons. The van der Waals surface area contributed by atoms with Crippen LogP contribution in [0.25, 0.3) is 0 Å². The fourth-order valence-electron chi connectivity index (χ4n) is 4.60. The Morgan fingerprint density at radius 3 is 1.05 bits per heavy atom. The highest BCUT2D eigenvalue weighted by atomic mass is 16.5. The molecule has 0 saturated heterocycles. The number of carboxylic acid groups (broad SMARTS) is 2. The number of esters is 2. The molecule has 0 atom stereocenters. The van der Waals surface area contributed by atoms with Gasteiger partial charge in [-0.2, -0.15) is 0 Å². The van der Waals surface area contributed by atoms with Crippen molar-refractivity contribution in [3.05, 3.63) is 34.4 Å². The Morgan fingerprint density at radius 2 is 0.750 bits per heavy atom. The number of aromatic carboxylic acids is 2. The number of carbonyl (C=O) groups is 4. The Bertz CT molecular complexity index is 839. The second-order valence-corrected chi connectivity index (χ2v) is 10.5. The van der Waals surface area contributed by atoms with E-state index in [0.29, 0.717) is 12.8 Å². The zero-order valence-electron chi connectivity index (χ0n) is 24.6. The zero-order chi connectivity index (χ0) is 29.6. The molecule has 1 aromatic carbocycles. The van der Waals surface area contributed by atoms with Crippen molar-refractivity contribution < 1.29 is 38.9 Å². The summed E-state index contributed by atoms with van der Waals surface area (Å²) in [4.78, 5) is 49.0. The van der Waals surface area contributed by atoms with Crippen LogP contribution < -0.4 is 0 Å². The minimum absolute atomic E-state index is 0.118. The van der Waals surface area contributed by atoms with Gasteiger partial charge < -0.3 is 19.7 Å². The first-order valence-electron chi connectivity index (χ1n) is 15.3. The van der Waals surface area contributed by atoms with E-state index in [1.54, 1.807) is 0 Å². The van der Waals surface area contributed by atoms with E-state index in [9.17, 15) is 29.4 Å². The molecule has 8 nitrogen and oxygen atoms in total. The normalized spacial score (nSPS) is 10.8. The molecule has 0 amide bonds. The summed E-state index contributed by atoms with van der Waals surface area (Å²) in [5.74, 6) is -4.76. The van der Waals surface area contributed by atoms with Gasteiger partial charge in [0, 0.05) is 0 Å². The molecular formula is C32H50O8. The van der Waals surface area contributed by atoms with Gasteiger partial charge in [-0.05, 0) is 25.0 Å². The third-order valence-corrected chi connectivity index (χ3v) is 7.02. The standard InChI is InChI=1S/C32H50O8/c1-3-5-7-9-11-13-15-17-19-21-39-31(37)27-24-28(26(30(35)36)23-25(27)29(33)34)32(38)40-22-20-18-16-14-12-10-8-6-4-2/h23-24H,3-22H2,1-2H3,(H,33,34)(H,35,36). The third-order valence-electron chi connectivity index (χ3n) is 7.02. The number of hydrogen-bond donors (Lipinski definition) is 2. The predicted octanol–water partition coefficient (Wildman–Crippen LogP) is 8.46. The molecule has 0 heterocycles. The van der Waals surface area contributed by atoms with Gasteiger partial charge in [0.15, 0.2) is 0 Å². The van der Waals surface area contributed by atoms with Crippen molar-refractivity contribution in [3.63, 3.8) is 0 Å². The molecule has 8 heteroatoms. The van der Waals surface area contributed by atoms with Crippen LogP contribution in [0.1, 0.15) is 171 Å². The molecule has 0 aliphatic heterocycles. The number of unbranched alkanes of at least 4 members (excludes halogenated alkanes) is 16. The number of carbonyl (C=O) groups excluding carboxylic acids is 2. The van der Waals surface area contributed by atoms with E-state index in [0.717, 1.165) is 50.7 Å². The third kappa shape index (κ3) is 14.5. The summed E-state index contributed by atoms with van der Waals surface area (Å²) in [5.41, 5.74) is -1.76. The fraction of sp³-hybridized carbons (Fsp3) is 0.688. The average molecular weight is 563 g/mol. The summed E-state index contributed by atoms with van der Waals surface area (Å²) >= 11 is 0. The van der Waals surface area contributed by atoms with Gasteiger partial charge in [0.2, 0.25) is 0 Å². The molecular weight excluding hydrogens is 512 g/mol. The minimum atomic E-state index is -1.48. The van der Waals surface area contributed by atoms with Crippen LogP contribution in [0.4, 0.5) is 0 Å². The summed E-state index contributed by atoms with van der Waals surface area (Å²) in [6, 6.07) is 1.80. The van der Waals surface area contributed by atoms with Crippen molar-refractivity contribution in [1.82, 2.24) is 0 Å². The Hall–Kier alpha value is -2.90. The summed E-state index contributed by atoms with van der Waals surface area (Å²) in [5, 5.41) is 19.2. The van der Waals surface area contributed by atoms with Gasteiger partial charge in [0.1, 0.15) is 0 Å². The second-order valence-electron chi connectivity index (χ2n) is 10.5. The highest BCUT2D eigenvalue weighted by Gasteiger charge is 2.27. The monoisotopic (exact) mass is 562 g/mol. The van der Waals surface area contributed by atoms with Crippen LogP contribution in [-0.4, -0.2) is 47.3 Å². The number of benzene rings is 1. The Balaban J connectivity index is 2.63. The number of hydrogen-bond acceptors (Lipinski definition) is 6. The van der Waals surface area contributed by atoms with Gasteiger partial charge in [-0.1, -0.05) is 117 Å². The van der Waals surface area contributed by atoms with E-state index in [4.69, 9.17) is 9.47 Å². The largest absolute Gasteiger partial charge is 0.478 e. The molecule has 0 unspecified atom stereocenters. The molecule has 0 spiro atoms. The number of ether oxygens (including phenoxy) is 2. The molecule has 0 bridgehead atoms. The van der Waals surface area contributed by atoms with Crippen LogP contribution in [0.2, 0.25) is 0 Å². The van der Waals surface area contributed by atoms with Crippen LogP contribution in [0.5, 0.6) is 0 Å². The van der Waals surface area contributed by atoms with Crippen molar-refractivity contribution in [3.8, 4) is 0 Å². The van der Waals surface area contributed by atoms with Gasteiger partial charge in [-0.15, -0.1) is 0 Å². The molecule has 1 aromatic rings. The van der Waals surface area contributed by atoms with E-state index < -0.39 is 35.0 Å². The lowest BCUT2D eigenvalue weighted by Crippen LogP contribution is -2.19. The van der Waals surface area contributed by atoms with Gasteiger partial charge in [-0.3, -0.25) is 0 Å². The lowest BCUT2D eigenvalue weighted by molar-refractivity contribution is 0.0479. The topological polar surface area (TPSA) is 127 Å². The van der Waals surface area contributed by atoms with Crippen LogP contribution in [0.3, 0.4) is 0 Å². The molecule has 2 N–H and O–H groups in total. The van der Waals surface area contributed by atoms with Crippen molar-refractivity contribution in [2.75, 3.05) is 13.2 Å². The zero-order valence-corrected chi connectivity index (χ0v) is 24.6. The highest BCUT2D eigenvalue weighted by Crippen LogP contribution is 2.21. The van der Waals surface area contributed by atoms with Crippen molar-refractivity contribution in [2.24, 2.45) is 0 Å². The van der Waals surface area contributed by atoms with Crippen molar-refractivity contribution >= 4 is 23.9 Å². The highest BCUT2D eigenvalue weighted by molar-refractivity contribution is 6.09. The molecule has 0 fully saturated rings. The molecule has 40 heavy (non-hydrogen) atoms. The molecule has 0 saturated carbocycles. The van der Waals surface area contributed by atoms with Crippen molar-refractivity contribution in [2.45, 2.75) is 129 Å². The maximum atomic E-state index is 12.7. The van der Waals surface area contributed by atoms with Gasteiger partial charge in [0.25, 0.3) is 0 Å². The molecule has 226 valence electrons. The number of carboxylic acids is 2. The maximum Gasteiger partial charge on any atom is 0.339 e. The van der Waals surface area contributed by atoms with Gasteiger partial charge in [-0.25, -0.2) is 19.2 Å². The molecule has 0 aromatic heterocycles. The van der Waals surface area contributed by atoms with Crippen molar-refractivity contribution in [1.29, 1.82) is 0 Å². The average Bonchev–Trinajstić information content (AvgIpc) is 2.93. The van der Waals surface area contributed by atoms with E-state index >= 15 is 0 Å². The quantitative estimate of drug-likeness (QED) is 0.0948. The van der Waals surface area contributed by atoms with Crippen LogP contribution in [0.15, 0.2) is 12.1 Å². The Kier molecular flexibility index (Phi) is 19.2. The first-order chi connectivity index (χ1) is 19.3. The SMILES string of the molecule is CCCCCCCCCCCOC(=O)c1cc(C(=O)OCCCCCCCCCCC)c(C(=O)O)cc1C(=O)O. The van der Waals surface area contributed by atoms with E-state index in [2.05, 4.69) is 13.8 Å². The van der Waals surface area contributed by atoms with Gasteiger partial charge in [0.05, 0.1) is 35.5 Å². The summed E-state index contributed by atoms with van der Waals surface area (Å²) in [6.07, 6.45) is 19.7. The van der Waals surface area contributed by atoms with Crippen LogP contribution in [-0.2, 0) is 9.47 Å². The maximum absolute atomic E-state index is 12.7. The van der Waals surface area contributed by atoms with E-state index in [1.807, 2.05) is 0 Å². The first-order valence-corrected chi connectivity index (χ1v) is 15.3. The van der Waals surface area contributed by atoms with Gasteiger partial charge >= 0.3 is 23.9 Å². The smallest absolute Gasteiger partial charge is 0.339 e. The minimum Gasteiger partial charge on any atom is -0.478 e. The molecule has 0 aliphatic rings.